The van der Waals surface area contributed by atoms with E-state index in [0.717, 1.165) is 44.7 Å². The molecule has 98 valence electrons. The second kappa shape index (κ2) is 4.67. The lowest BCUT2D eigenvalue weighted by Gasteiger charge is -2.52. The molecule has 2 fully saturated rings. The highest BCUT2D eigenvalue weighted by atomic mass is 32.1. The number of thiophene rings is 1. The maximum atomic E-state index is 12.3. The first-order chi connectivity index (χ1) is 8.70. The minimum atomic E-state index is 0.00782. The van der Waals surface area contributed by atoms with Crippen molar-refractivity contribution in [1.29, 1.82) is 0 Å². The van der Waals surface area contributed by atoms with Gasteiger partial charge < -0.3 is 9.64 Å². The van der Waals surface area contributed by atoms with Crippen LogP contribution in [0.1, 0.15) is 31.2 Å². The molecule has 1 atom stereocenters. The zero-order valence-corrected chi connectivity index (χ0v) is 11.5. The van der Waals surface area contributed by atoms with Crippen LogP contribution >= 0.6 is 11.3 Å². The number of hydrogen-bond donors (Lipinski definition) is 0. The van der Waals surface area contributed by atoms with Gasteiger partial charge in [-0.1, -0.05) is 0 Å². The monoisotopic (exact) mass is 265 g/mol. The number of likely N-dealkylation sites (tertiary alicyclic amines) is 1. The van der Waals surface area contributed by atoms with Crippen molar-refractivity contribution in [3.05, 3.63) is 22.4 Å². The van der Waals surface area contributed by atoms with Gasteiger partial charge >= 0.3 is 0 Å². The van der Waals surface area contributed by atoms with E-state index in [1.807, 2.05) is 17.2 Å². The molecule has 3 heterocycles. The van der Waals surface area contributed by atoms with Crippen LogP contribution in [0.2, 0.25) is 0 Å². The number of carbonyl (C=O) groups is 1. The predicted molar refractivity (Wildman–Crippen MR) is 71.8 cm³/mol. The van der Waals surface area contributed by atoms with Gasteiger partial charge in [-0.2, -0.15) is 11.3 Å². The molecule has 1 aromatic rings. The van der Waals surface area contributed by atoms with Gasteiger partial charge in [-0.25, -0.2) is 0 Å². The molecular weight excluding hydrogens is 246 g/mol. The van der Waals surface area contributed by atoms with Crippen molar-refractivity contribution in [1.82, 2.24) is 4.90 Å². The smallest absolute Gasteiger partial charge is 0.229 e. The molecule has 0 radical (unpaired) electrons. The van der Waals surface area contributed by atoms with Crippen LogP contribution in [0, 0.1) is 5.41 Å². The topological polar surface area (TPSA) is 29.5 Å². The summed E-state index contributed by atoms with van der Waals surface area (Å²) in [6, 6.07) is 2.05. The Bertz CT molecular complexity index is 415. The molecule has 2 saturated heterocycles. The van der Waals surface area contributed by atoms with E-state index < -0.39 is 0 Å². The van der Waals surface area contributed by atoms with E-state index in [-0.39, 0.29) is 11.8 Å². The van der Waals surface area contributed by atoms with Crippen molar-refractivity contribution < 1.29 is 9.53 Å². The quantitative estimate of drug-likeness (QED) is 0.822. The molecule has 0 N–H and O–H groups in total. The molecule has 0 bridgehead atoms. The molecule has 4 heteroatoms. The first-order valence-corrected chi connectivity index (χ1v) is 7.53. The molecule has 18 heavy (non-hydrogen) atoms. The molecule has 1 spiro atoms. The lowest BCUT2D eigenvalue weighted by atomic mass is 9.73. The number of carbonyl (C=O) groups excluding carboxylic acids is 1. The number of ether oxygens (including phenoxy) is 1. The van der Waals surface area contributed by atoms with Crippen LogP contribution in [0.15, 0.2) is 16.8 Å². The number of nitrogens with zero attached hydrogens (tertiary/aromatic N) is 1. The summed E-state index contributed by atoms with van der Waals surface area (Å²) in [6.45, 7) is 5.61. The zero-order valence-electron chi connectivity index (χ0n) is 10.7. The summed E-state index contributed by atoms with van der Waals surface area (Å²) < 4.78 is 5.40. The van der Waals surface area contributed by atoms with Crippen molar-refractivity contribution in [3.63, 3.8) is 0 Å². The molecule has 2 aliphatic rings. The molecule has 3 rings (SSSR count). The summed E-state index contributed by atoms with van der Waals surface area (Å²) in [5.41, 5.74) is 1.53. The highest BCUT2D eigenvalue weighted by molar-refractivity contribution is 7.08. The van der Waals surface area contributed by atoms with Gasteiger partial charge in [-0.05, 0) is 42.2 Å². The molecule has 0 aliphatic carbocycles. The van der Waals surface area contributed by atoms with Gasteiger partial charge in [0.05, 0.1) is 5.92 Å². The van der Waals surface area contributed by atoms with Crippen LogP contribution in [0.5, 0.6) is 0 Å². The van der Waals surface area contributed by atoms with Gasteiger partial charge in [-0.3, -0.25) is 4.79 Å². The van der Waals surface area contributed by atoms with Gasteiger partial charge in [0.25, 0.3) is 0 Å². The second-order valence-electron chi connectivity index (χ2n) is 5.59. The van der Waals surface area contributed by atoms with E-state index in [1.54, 1.807) is 11.3 Å². The Morgan fingerprint density at radius 3 is 2.78 bits per heavy atom. The molecule has 1 aromatic heterocycles. The van der Waals surface area contributed by atoms with E-state index >= 15 is 0 Å². The third-order valence-corrected chi connectivity index (χ3v) is 5.03. The fourth-order valence-electron chi connectivity index (χ4n) is 2.98. The van der Waals surface area contributed by atoms with E-state index in [1.165, 1.54) is 0 Å². The van der Waals surface area contributed by atoms with Crippen molar-refractivity contribution in [2.75, 3.05) is 26.3 Å². The Hall–Kier alpha value is -0.870. The largest absolute Gasteiger partial charge is 0.381 e. The normalized spacial score (nSPS) is 23.7. The standard InChI is InChI=1S/C14H19NO2S/c1-11(12-2-7-18-8-12)13(16)15-9-14(10-15)3-5-17-6-4-14/h2,7-8,11H,3-6,9-10H2,1H3. The van der Waals surface area contributed by atoms with Crippen molar-refractivity contribution >= 4 is 17.2 Å². The van der Waals surface area contributed by atoms with E-state index in [9.17, 15) is 4.79 Å². The minimum absolute atomic E-state index is 0.00782. The summed E-state index contributed by atoms with van der Waals surface area (Å²) in [4.78, 5) is 14.4. The zero-order chi connectivity index (χ0) is 12.6. The van der Waals surface area contributed by atoms with E-state index in [0.29, 0.717) is 5.41 Å². The average Bonchev–Trinajstić information content (AvgIpc) is 2.89. The van der Waals surface area contributed by atoms with Crippen LogP contribution in [-0.2, 0) is 9.53 Å². The Kier molecular flexibility index (Phi) is 3.16. The first kappa shape index (κ1) is 12.2. The summed E-state index contributed by atoms with van der Waals surface area (Å²) in [5.74, 6) is 0.291. The molecule has 1 unspecified atom stereocenters. The Morgan fingerprint density at radius 2 is 2.17 bits per heavy atom. The van der Waals surface area contributed by atoms with Crippen LogP contribution in [0.4, 0.5) is 0 Å². The minimum Gasteiger partial charge on any atom is -0.381 e. The van der Waals surface area contributed by atoms with Crippen LogP contribution in [0.3, 0.4) is 0 Å². The molecule has 0 saturated carbocycles. The first-order valence-electron chi connectivity index (χ1n) is 6.59. The highest BCUT2D eigenvalue weighted by Gasteiger charge is 2.46. The maximum Gasteiger partial charge on any atom is 0.229 e. The second-order valence-corrected chi connectivity index (χ2v) is 6.37. The molecule has 2 aliphatic heterocycles. The summed E-state index contributed by atoms with van der Waals surface area (Å²) >= 11 is 1.66. The Labute approximate surface area is 112 Å². The number of rotatable bonds is 2. The average molecular weight is 265 g/mol. The lowest BCUT2D eigenvalue weighted by Crippen LogP contribution is -2.60. The summed E-state index contributed by atoms with van der Waals surface area (Å²) in [5, 5.41) is 4.11. The van der Waals surface area contributed by atoms with E-state index in [2.05, 4.69) is 11.4 Å². The van der Waals surface area contributed by atoms with Gasteiger partial charge in [0.1, 0.15) is 0 Å². The SMILES string of the molecule is CC(C(=O)N1CC2(CCOCC2)C1)c1ccsc1. The molecule has 1 amide bonds. The molecule has 3 nitrogen and oxygen atoms in total. The van der Waals surface area contributed by atoms with Gasteiger partial charge in [0, 0.05) is 31.7 Å². The lowest BCUT2D eigenvalue weighted by molar-refractivity contribution is -0.151. The highest BCUT2D eigenvalue weighted by Crippen LogP contribution is 2.41. The van der Waals surface area contributed by atoms with Gasteiger partial charge in [-0.15, -0.1) is 0 Å². The van der Waals surface area contributed by atoms with Crippen LogP contribution < -0.4 is 0 Å². The number of amides is 1. The van der Waals surface area contributed by atoms with Crippen molar-refractivity contribution in [2.24, 2.45) is 5.41 Å². The van der Waals surface area contributed by atoms with Gasteiger partial charge in [0.2, 0.25) is 5.91 Å². The Morgan fingerprint density at radius 1 is 1.44 bits per heavy atom. The summed E-state index contributed by atoms with van der Waals surface area (Å²) in [7, 11) is 0. The van der Waals surface area contributed by atoms with Crippen molar-refractivity contribution in [3.8, 4) is 0 Å². The number of hydrogen-bond acceptors (Lipinski definition) is 3. The maximum absolute atomic E-state index is 12.3. The molecule has 0 aromatic carbocycles. The third kappa shape index (κ3) is 2.08. The predicted octanol–water partition coefficient (Wildman–Crippen LogP) is 2.49. The summed E-state index contributed by atoms with van der Waals surface area (Å²) in [6.07, 6.45) is 2.23. The van der Waals surface area contributed by atoms with E-state index in [4.69, 9.17) is 4.74 Å². The molecular formula is C14H19NO2S. The fourth-order valence-corrected chi connectivity index (χ4v) is 3.73. The van der Waals surface area contributed by atoms with Gasteiger partial charge in [0.15, 0.2) is 0 Å². The fraction of sp³-hybridized carbons (Fsp3) is 0.643. The van der Waals surface area contributed by atoms with Crippen LogP contribution in [-0.4, -0.2) is 37.1 Å². The Balaban J connectivity index is 1.59. The third-order valence-electron chi connectivity index (χ3n) is 4.33. The van der Waals surface area contributed by atoms with Crippen molar-refractivity contribution in [2.45, 2.75) is 25.7 Å². The van der Waals surface area contributed by atoms with Crippen LogP contribution in [0.25, 0.3) is 0 Å².